The van der Waals surface area contributed by atoms with Crippen molar-refractivity contribution in [2.24, 2.45) is 0 Å². The lowest BCUT2D eigenvalue weighted by Gasteiger charge is -2.46. The summed E-state index contributed by atoms with van der Waals surface area (Å²) in [6.07, 6.45) is 2.90. The summed E-state index contributed by atoms with van der Waals surface area (Å²) in [6.45, 7) is 6.32. The Morgan fingerprint density at radius 2 is 1.79 bits per heavy atom. The second-order valence-corrected chi connectivity index (χ2v) is 7.73. The Morgan fingerprint density at radius 3 is 2.54 bits per heavy atom. The third-order valence-electron chi connectivity index (χ3n) is 6.18. The summed E-state index contributed by atoms with van der Waals surface area (Å²) in [5.41, 5.74) is 3.94. The number of unbranched alkanes of at least 4 members (excludes halogenated alkanes) is 1. The second-order valence-electron chi connectivity index (χ2n) is 7.73. The van der Waals surface area contributed by atoms with Gasteiger partial charge in [-0.1, -0.05) is 55.8 Å². The standard InChI is InChI=1S/C24H28N2O2/c1-3-5-15-25(4-2)24(28)21-19-12-8-9-13-20(19)23(27)26-16-14-17-10-6-7-11-18(17)22(21)26/h6-13,21-22H,3-5,14-16H2,1-2H3/t21-,22+/m0/s1. The quantitative estimate of drug-likeness (QED) is 0.786. The number of amides is 2. The summed E-state index contributed by atoms with van der Waals surface area (Å²) in [5.74, 6) is -0.148. The number of fused-ring (bicyclic) bond motifs is 4. The molecule has 0 spiro atoms. The number of rotatable bonds is 5. The van der Waals surface area contributed by atoms with Crippen LogP contribution in [0.15, 0.2) is 48.5 Å². The van der Waals surface area contributed by atoms with Gasteiger partial charge in [0.1, 0.15) is 0 Å². The third-order valence-corrected chi connectivity index (χ3v) is 6.18. The maximum Gasteiger partial charge on any atom is 0.254 e. The van der Waals surface area contributed by atoms with E-state index in [0.29, 0.717) is 18.7 Å². The summed E-state index contributed by atoms with van der Waals surface area (Å²) < 4.78 is 0. The molecule has 146 valence electrons. The van der Waals surface area contributed by atoms with Gasteiger partial charge in [-0.3, -0.25) is 9.59 Å². The molecule has 4 rings (SSSR count). The fourth-order valence-corrected chi connectivity index (χ4v) is 4.71. The highest BCUT2D eigenvalue weighted by Crippen LogP contribution is 2.46. The SMILES string of the molecule is CCCCN(CC)C(=O)[C@H]1c2ccccc2C(=O)N2CCc3ccccc3[C@H]12. The molecule has 0 fully saturated rings. The van der Waals surface area contributed by atoms with E-state index in [-0.39, 0.29) is 23.8 Å². The number of nitrogens with zero attached hydrogens (tertiary/aromatic N) is 2. The smallest absolute Gasteiger partial charge is 0.254 e. The molecule has 4 nitrogen and oxygen atoms in total. The van der Waals surface area contributed by atoms with Crippen LogP contribution < -0.4 is 0 Å². The van der Waals surface area contributed by atoms with Gasteiger partial charge in [-0.15, -0.1) is 0 Å². The van der Waals surface area contributed by atoms with Gasteiger partial charge >= 0.3 is 0 Å². The topological polar surface area (TPSA) is 40.6 Å². The first kappa shape index (κ1) is 18.7. The van der Waals surface area contributed by atoms with Crippen LogP contribution in [0.2, 0.25) is 0 Å². The molecule has 2 aliphatic rings. The number of carbonyl (C=O) groups excluding carboxylic acids is 2. The molecule has 2 aromatic rings. The minimum Gasteiger partial charge on any atom is -0.342 e. The summed E-state index contributed by atoms with van der Waals surface area (Å²) in [4.78, 5) is 30.9. The van der Waals surface area contributed by atoms with Gasteiger partial charge < -0.3 is 9.80 Å². The molecule has 2 amide bonds. The van der Waals surface area contributed by atoms with Crippen LogP contribution in [0, 0.1) is 0 Å². The fourth-order valence-electron chi connectivity index (χ4n) is 4.71. The van der Waals surface area contributed by atoms with Crippen molar-refractivity contribution in [3.05, 3.63) is 70.8 Å². The van der Waals surface area contributed by atoms with Crippen molar-refractivity contribution in [1.29, 1.82) is 0 Å². The van der Waals surface area contributed by atoms with Crippen LogP contribution in [0.25, 0.3) is 0 Å². The van der Waals surface area contributed by atoms with E-state index < -0.39 is 0 Å². The lowest BCUT2D eigenvalue weighted by molar-refractivity contribution is -0.134. The highest BCUT2D eigenvalue weighted by atomic mass is 16.2. The summed E-state index contributed by atoms with van der Waals surface area (Å²) in [6, 6.07) is 15.8. The average Bonchev–Trinajstić information content (AvgIpc) is 2.74. The minimum atomic E-state index is -0.341. The van der Waals surface area contributed by atoms with E-state index in [1.807, 2.05) is 53.1 Å². The van der Waals surface area contributed by atoms with Gasteiger partial charge in [-0.25, -0.2) is 0 Å². The molecule has 4 heteroatoms. The first-order valence-corrected chi connectivity index (χ1v) is 10.4. The van der Waals surface area contributed by atoms with Crippen molar-refractivity contribution < 1.29 is 9.59 Å². The Bertz CT molecular complexity index is 892. The Labute approximate surface area is 167 Å². The Hall–Kier alpha value is -2.62. The molecule has 2 aliphatic heterocycles. The van der Waals surface area contributed by atoms with Crippen molar-refractivity contribution in [1.82, 2.24) is 9.80 Å². The molecule has 28 heavy (non-hydrogen) atoms. The van der Waals surface area contributed by atoms with Gasteiger partial charge in [0.05, 0.1) is 12.0 Å². The number of hydrogen-bond donors (Lipinski definition) is 0. The molecule has 0 aliphatic carbocycles. The molecule has 0 saturated carbocycles. The summed E-state index contributed by atoms with van der Waals surface area (Å²) in [5, 5.41) is 0. The van der Waals surface area contributed by atoms with Crippen LogP contribution in [0.1, 0.15) is 65.7 Å². The third kappa shape index (κ3) is 3.01. The van der Waals surface area contributed by atoms with Gasteiger partial charge in [0.2, 0.25) is 5.91 Å². The van der Waals surface area contributed by atoms with Gasteiger partial charge in [0, 0.05) is 25.2 Å². The van der Waals surface area contributed by atoms with Crippen LogP contribution in [0.4, 0.5) is 0 Å². The Morgan fingerprint density at radius 1 is 1.07 bits per heavy atom. The molecule has 0 saturated heterocycles. The van der Waals surface area contributed by atoms with Crippen LogP contribution in [0.5, 0.6) is 0 Å². The Balaban J connectivity index is 1.84. The number of carbonyl (C=O) groups is 2. The molecule has 0 bridgehead atoms. The molecule has 0 unspecified atom stereocenters. The number of likely N-dealkylation sites (N-methyl/N-ethyl adjacent to an activating group) is 1. The van der Waals surface area contributed by atoms with E-state index in [4.69, 9.17) is 0 Å². The van der Waals surface area contributed by atoms with Gasteiger partial charge in [-0.05, 0) is 42.5 Å². The molecule has 2 heterocycles. The predicted molar refractivity (Wildman–Crippen MR) is 110 cm³/mol. The van der Waals surface area contributed by atoms with Crippen molar-refractivity contribution in [3.8, 4) is 0 Å². The van der Waals surface area contributed by atoms with Crippen LogP contribution in [-0.2, 0) is 11.2 Å². The van der Waals surface area contributed by atoms with Crippen molar-refractivity contribution >= 4 is 11.8 Å². The fraction of sp³-hybridized carbons (Fsp3) is 0.417. The maximum absolute atomic E-state index is 13.8. The van der Waals surface area contributed by atoms with Crippen molar-refractivity contribution in [2.75, 3.05) is 19.6 Å². The largest absolute Gasteiger partial charge is 0.342 e. The van der Waals surface area contributed by atoms with Crippen LogP contribution in [-0.4, -0.2) is 41.2 Å². The number of hydrogen-bond acceptors (Lipinski definition) is 2. The van der Waals surface area contributed by atoms with E-state index in [9.17, 15) is 9.59 Å². The molecular weight excluding hydrogens is 348 g/mol. The Kier molecular flexibility index (Phi) is 5.21. The van der Waals surface area contributed by atoms with E-state index >= 15 is 0 Å². The lowest BCUT2D eigenvalue weighted by atomic mass is 9.75. The van der Waals surface area contributed by atoms with Gasteiger partial charge in [-0.2, -0.15) is 0 Å². The molecule has 0 radical (unpaired) electrons. The maximum atomic E-state index is 13.8. The summed E-state index contributed by atoms with van der Waals surface area (Å²) in [7, 11) is 0. The molecule has 0 N–H and O–H groups in total. The zero-order valence-corrected chi connectivity index (χ0v) is 16.7. The van der Waals surface area contributed by atoms with Crippen LogP contribution >= 0.6 is 0 Å². The normalized spacial score (nSPS) is 20.2. The van der Waals surface area contributed by atoms with Gasteiger partial charge in [0.25, 0.3) is 5.91 Å². The molecule has 2 atom stereocenters. The van der Waals surface area contributed by atoms with Crippen molar-refractivity contribution in [2.45, 2.75) is 45.1 Å². The first-order chi connectivity index (χ1) is 13.7. The zero-order valence-electron chi connectivity index (χ0n) is 16.7. The summed E-state index contributed by atoms with van der Waals surface area (Å²) >= 11 is 0. The molecule has 2 aromatic carbocycles. The molecular formula is C24H28N2O2. The van der Waals surface area contributed by atoms with Gasteiger partial charge in [0.15, 0.2) is 0 Å². The second kappa shape index (κ2) is 7.78. The van der Waals surface area contributed by atoms with E-state index in [0.717, 1.165) is 36.9 Å². The molecule has 0 aromatic heterocycles. The first-order valence-electron chi connectivity index (χ1n) is 10.4. The zero-order chi connectivity index (χ0) is 19.7. The average molecular weight is 377 g/mol. The van der Waals surface area contributed by atoms with Crippen LogP contribution in [0.3, 0.4) is 0 Å². The predicted octanol–water partition coefficient (Wildman–Crippen LogP) is 4.17. The highest BCUT2D eigenvalue weighted by molar-refractivity contribution is 6.01. The minimum absolute atomic E-state index is 0.0516. The highest BCUT2D eigenvalue weighted by Gasteiger charge is 2.46. The van der Waals surface area contributed by atoms with Crippen molar-refractivity contribution in [3.63, 3.8) is 0 Å². The van der Waals surface area contributed by atoms with E-state index in [1.54, 1.807) is 0 Å². The van der Waals surface area contributed by atoms with E-state index in [1.165, 1.54) is 5.56 Å². The monoisotopic (exact) mass is 376 g/mol. The lowest BCUT2D eigenvalue weighted by Crippen LogP contribution is -2.50. The van der Waals surface area contributed by atoms with E-state index in [2.05, 4.69) is 19.1 Å². The number of benzene rings is 2.